The number of alkyl halides is 3. The van der Waals surface area contributed by atoms with Crippen LogP contribution in [0.4, 0.5) is 13.2 Å². The number of aryl methyl sites for hydroxylation is 1. The van der Waals surface area contributed by atoms with E-state index in [1.807, 2.05) is 20.8 Å². The maximum Gasteiger partial charge on any atom is 0.416 e. The Balaban J connectivity index is 2.81. The number of hydrogen-bond donors (Lipinski definition) is 0. The van der Waals surface area contributed by atoms with Crippen LogP contribution in [0.25, 0.3) is 11.0 Å². The highest BCUT2D eigenvalue weighted by Crippen LogP contribution is 2.31. The molecular weight excluding hydrogens is 269 g/mol. The fourth-order valence-corrected chi connectivity index (χ4v) is 1.99. The summed E-state index contributed by atoms with van der Waals surface area (Å²) in [6, 6.07) is 3.23. The van der Waals surface area contributed by atoms with E-state index in [1.54, 1.807) is 0 Å². The fraction of sp³-hybridized carbons (Fsp3) is 0.429. The lowest BCUT2D eigenvalue weighted by Crippen LogP contribution is -2.31. The summed E-state index contributed by atoms with van der Waals surface area (Å²) in [6.45, 7) is 5.52. The minimum atomic E-state index is -4.44. The molecular formula is C14H15F3N2O. The van der Waals surface area contributed by atoms with Crippen molar-refractivity contribution in [2.75, 3.05) is 0 Å². The highest BCUT2D eigenvalue weighted by molar-refractivity contribution is 5.76. The van der Waals surface area contributed by atoms with Crippen molar-refractivity contribution >= 4 is 11.0 Å². The molecule has 2 rings (SSSR count). The van der Waals surface area contributed by atoms with Gasteiger partial charge in [0.05, 0.1) is 16.6 Å². The Morgan fingerprint density at radius 3 is 2.25 bits per heavy atom. The molecule has 108 valence electrons. The Kier molecular flexibility index (Phi) is 3.15. The number of nitrogens with zero attached hydrogens (tertiary/aromatic N) is 2. The first kappa shape index (κ1) is 14.6. The van der Waals surface area contributed by atoms with Crippen LogP contribution in [-0.4, -0.2) is 9.55 Å². The Hall–Kier alpha value is -1.85. The monoisotopic (exact) mass is 284 g/mol. The summed E-state index contributed by atoms with van der Waals surface area (Å²) in [4.78, 5) is 16.4. The third-order valence-electron chi connectivity index (χ3n) is 3.11. The fourth-order valence-electron chi connectivity index (χ4n) is 1.99. The Bertz CT molecular complexity index is 724. The molecule has 6 heteroatoms. The van der Waals surface area contributed by atoms with Crippen LogP contribution < -0.4 is 5.56 Å². The highest BCUT2D eigenvalue weighted by atomic mass is 19.4. The lowest BCUT2D eigenvalue weighted by molar-refractivity contribution is -0.137. The molecule has 20 heavy (non-hydrogen) atoms. The van der Waals surface area contributed by atoms with Gasteiger partial charge in [-0.2, -0.15) is 13.2 Å². The minimum absolute atomic E-state index is 0.179. The lowest BCUT2D eigenvalue weighted by Gasteiger charge is -2.19. The van der Waals surface area contributed by atoms with Crippen molar-refractivity contribution < 1.29 is 13.2 Å². The number of rotatable bonds is 0. The van der Waals surface area contributed by atoms with Crippen LogP contribution in [-0.2, 0) is 18.6 Å². The molecule has 0 radical (unpaired) electrons. The summed E-state index contributed by atoms with van der Waals surface area (Å²) in [5, 5.41) is 0. The van der Waals surface area contributed by atoms with Gasteiger partial charge < -0.3 is 4.57 Å². The van der Waals surface area contributed by atoms with E-state index in [4.69, 9.17) is 0 Å². The van der Waals surface area contributed by atoms with Gasteiger partial charge in [0, 0.05) is 12.5 Å². The lowest BCUT2D eigenvalue weighted by atomic mass is 9.92. The largest absolute Gasteiger partial charge is 0.416 e. The molecule has 0 saturated carbocycles. The standard InChI is InChI=1S/C14H15F3N2O/c1-13(2,3)11-12(20)19(4)10-7-8(14(15,16)17)5-6-9(10)18-11/h5-7H,1-4H3. The second-order valence-electron chi connectivity index (χ2n) is 5.78. The van der Waals surface area contributed by atoms with E-state index in [2.05, 4.69) is 4.98 Å². The normalized spacial score (nSPS) is 12.9. The van der Waals surface area contributed by atoms with Gasteiger partial charge in [0.1, 0.15) is 5.69 Å². The Labute approximate surface area is 114 Å². The molecule has 0 atom stereocenters. The second kappa shape index (κ2) is 4.33. The maximum absolute atomic E-state index is 12.7. The molecule has 0 aliphatic carbocycles. The van der Waals surface area contributed by atoms with E-state index in [9.17, 15) is 18.0 Å². The zero-order chi connectivity index (χ0) is 15.3. The van der Waals surface area contributed by atoms with Crippen molar-refractivity contribution in [1.29, 1.82) is 0 Å². The molecule has 1 aromatic carbocycles. The van der Waals surface area contributed by atoms with Gasteiger partial charge in [0.25, 0.3) is 5.56 Å². The van der Waals surface area contributed by atoms with Crippen molar-refractivity contribution in [3.63, 3.8) is 0 Å². The molecule has 0 N–H and O–H groups in total. The summed E-state index contributed by atoms with van der Waals surface area (Å²) in [7, 11) is 1.46. The number of fused-ring (bicyclic) bond motifs is 1. The quantitative estimate of drug-likeness (QED) is 0.744. The Morgan fingerprint density at radius 2 is 1.75 bits per heavy atom. The topological polar surface area (TPSA) is 34.9 Å². The van der Waals surface area contributed by atoms with Gasteiger partial charge in [-0.15, -0.1) is 0 Å². The summed E-state index contributed by atoms with van der Waals surface area (Å²) in [5.41, 5.74) is -0.726. The van der Waals surface area contributed by atoms with Crippen molar-refractivity contribution in [2.24, 2.45) is 7.05 Å². The average molecular weight is 284 g/mol. The van der Waals surface area contributed by atoms with Crippen LogP contribution in [0.1, 0.15) is 32.0 Å². The first-order valence-electron chi connectivity index (χ1n) is 6.10. The first-order chi connectivity index (χ1) is 9.01. The molecule has 1 aromatic heterocycles. The average Bonchev–Trinajstić information content (AvgIpc) is 2.30. The van der Waals surface area contributed by atoms with Crippen LogP contribution in [0, 0.1) is 0 Å². The number of halogens is 3. The zero-order valence-corrected chi connectivity index (χ0v) is 11.7. The maximum atomic E-state index is 12.7. The van der Waals surface area contributed by atoms with E-state index in [0.717, 1.165) is 12.1 Å². The predicted octanol–water partition coefficient (Wildman–Crippen LogP) is 3.25. The molecule has 1 heterocycles. The van der Waals surface area contributed by atoms with Crippen LogP contribution in [0.3, 0.4) is 0 Å². The van der Waals surface area contributed by atoms with E-state index >= 15 is 0 Å². The van der Waals surface area contributed by atoms with Crippen LogP contribution >= 0.6 is 0 Å². The minimum Gasteiger partial charge on any atom is -0.308 e. The van der Waals surface area contributed by atoms with Gasteiger partial charge in [0.15, 0.2) is 0 Å². The van der Waals surface area contributed by atoms with Gasteiger partial charge in [-0.1, -0.05) is 20.8 Å². The molecule has 0 bridgehead atoms. The third kappa shape index (κ3) is 2.42. The van der Waals surface area contributed by atoms with Gasteiger partial charge in [0.2, 0.25) is 0 Å². The van der Waals surface area contributed by atoms with E-state index in [1.165, 1.54) is 17.7 Å². The molecule has 0 saturated heterocycles. The molecule has 0 spiro atoms. The summed E-state index contributed by atoms with van der Waals surface area (Å²) in [6.07, 6.45) is -4.44. The van der Waals surface area contributed by atoms with Crippen molar-refractivity contribution in [3.05, 3.63) is 39.8 Å². The SMILES string of the molecule is Cn1c(=O)c(C(C)(C)C)nc2ccc(C(F)(F)F)cc21. The van der Waals surface area contributed by atoms with Crippen molar-refractivity contribution in [1.82, 2.24) is 9.55 Å². The molecule has 0 amide bonds. The van der Waals surface area contributed by atoms with Gasteiger partial charge in [-0.05, 0) is 18.2 Å². The van der Waals surface area contributed by atoms with Gasteiger partial charge in [-0.25, -0.2) is 4.98 Å². The summed E-state index contributed by atoms with van der Waals surface area (Å²) < 4.78 is 39.3. The second-order valence-corrected chi connectivity index (χ2v) is 5.78. The smallest absolute Gasteiger partial charge is 0.308 e. The molecule has 0 aliphatic heterocycles. The zero-order valence-electron chi connectivity index (χ0n) is 11.7. The molecule has 0 unspecified atom stereocenters. The Morgan fingerprint density at radius 1 is 1.15 bits per heavy atom. The van der Waals surface area contributed by atoms with Crippen LogP contribution in [0.15, 0.2) is 23.0 Å². The third-order valence-corrected chi connectivity index (χ3v) is 3.11. The number of benzene rings is 1. The van der Waals surface area contributed by atoms with Crippen molar-refractivity contribution in [3.8, 4) is 0 Å². The van der Waals surface area contributed by atoms with Gasteiger partial charge in [-0.3, -0.25) is 4.79 Å². The number of hydrogen-bond acceptors (Lipinski definition) is 2. The van der Waals surface area contributed by atoms with E-state index in [-0.39, 0.29) is 11.1 Å². The first-order valence-corrected chi connectivity index (χ1v) is 6.10. The molecule has 2 aromatic rings. The van der Waals surface area contributed by atoms with Crippen LogP contribution in [0.2, 0.25) is 0 Å². The number of aromatic nitrogens is 2. The van der Waals surface area contributed by atoms with Crippen molar-refractivity contribution in [2.45, 2.75) is 32.4 Å². The highest BCUT2D eigenvalue weighted by Gasteiger charge is 2.31. The summed E-state index contributed by atoms with van der Waals surface area (Å²) in [5.74, 6) is 0. The molecule has 0 fully saturated rings. The van der Waals surface area contributed by atoms with E-state index < -0.39 is 17.2 Å². The van der Waals surface area contributed by atoms with E-state index in [0.29, 0.717) is 11.2 Å². The molecule has 0 aliphatic rings. The predicted molar refractivity (Wildman–Crippen MR) is 70.7 cm³/mol. The summed E-state index contributed by atoms with van der Waals surface area (Å²) >= 11 is 0. The van der Waals surface area contributed by atoms with Gasteiger partial charge >= 0.3 is 6.18 Å². The molecule has 3 nitrogen and oxygen atoms in total. The van der Waals surface area contributed by atoms with Crippen LogP contribution in [0.5, 0.6) is 0 Å².